The first kappa shape index (κ1) is 21.1. The van der Waals surface area contributed by atoms with E-state index in [0.29, 0.717) is 6.54 Å². The third kappa shape index (κ3) is 5.70. The minimum Gasteiger partial charge on any atom is -0.497 e. The Hall–Kier alpha value is -2.60. The lowest BCUT2D eigenvalue weighted by molar-refractivity contribution is -0.127. The van der Waals surface area contributed by atoms with Gasteiger partial charge in [0.2, 0.25) is 0 Å². The van der Waals surface area contributed by atoms with Crippen LogP contribution in [0.3, 0.4) is 0 Å². The van der Waals surface area contributed by atoms with Crippen molar-refractivity contribution >= 4 is 5.91 Å². The number of piperidine rings is 1. The van der Waals surface area contributed by atoms with E-state index in [1.54, 1.807) is 26.2 Å². The molecule has 0 radical (unpaired) electrons. The molecular weight excluding hydrogens is 371 g/mol. The molecule has 0 saturated carbocycles. The first-order valence-corrected chi connectivity index (χ1v) is 10.2. The van der Waals surface area contributed by atoms with Gasteiger partial charge in [-0.1, -0.05) is 30.7 Å². The quantitative estimate of drug-likeness (QED) is 0.729. The number of nitrogens with zero attached hydrogens (tertiary/aromatic N) is 1. The lowest BCUT2D eigenvalue weighted by Crippen LogP contribution is -2.44. The Labute approximate surface area is 171 Å². The van der Waals surface area contributed by atoms with Gasteiger partial charge < -0.3 is 14.8 Å². The lowest BCUT2D eigenvalue weighted by atomic mass is 10.0. The summed E-state index contributed by atoms with van der Waals surface area (Å²) in [5, 5.41) is 2.99. The monoisotopic (exact) mass is 400 g/mol. The molecule has 156 valence electrons. The molecule has 1 heterocycles. The Bertz CT molecular complexity index is 791. The predicted octanol–water partition coefficient (Wildman–Crippen LogP) is 3.95. The van der Waals surface area contributed by atoms with Gasteiger partial charge in [-0.15, -0.1) is 0 Å². The fourth-order valence-electron chi connectivity index (χ4n) is 3.64. The number of likely N-dealkylation sites (tertiary alicyclic amines) is 1. The van der Waals surface area contributed by atoms with E-state index in [4.69, 9.17) is 9.47 Å². The van der Waals surface area contributed by atoms with Crippen molar-refractivity contribution < 1.29 is 18.7 Å². The van der Waals surface area contributed by atoms with Crippen LogP contribution in [0.5, 0.6) is 11.5 Å². The highest BCUT2D eigenvalue weighted by Crippen LogP contribution is 2.26. The van der Waals surface area contributed by atoms with Gasteiger partial charge in [0.1, 0.15) is 5.75 Å². The fraction of sp³-hybridized carbons (Fsp3) is 0.435. The van der Waals surface area contributed by atoms with Crippen LogP contribution >= 0.6 is 0 Å². The number of benzene rings is 2. The maximum atomic E-state index is 13.8. The summed E-state index contributed by atoms with van der Waals surface area (Å²) >= 11 is 0. The van der Waals surface area contributed by atoms with E-state index in [-0.39, 0.29) is 17.7 Å². The molecule has 0 aliphatic carbocycles. The molecule has 1 fully saturated rings. The Morgan fingerprint density at radius 1 is 1.10 bits per heavy atom. The van der Waals surface area contributed by atoms with Crippen LogP contribution in [0.4, 0.5) is 4.39 Å². The molecular formula is C23H29FN2O3. The summed E-state index contributed by atoms with van der Waals surface area (Å²) in [6.45, 7) is 4.11. The Kier molecular flexibility index (Phi) is 7.47. The van der Waals surface area contributed by atoms with Crippen molar-refractivity contribution in [2.75, 3.05) is 26.7 Å². The molecule has 2 aromatic rings. The second kappa shape index (κ2) is 10.3. The van der Waals surface area contributed by atoms with Gasteiger partial charge in [-0.2, -0.15) is 0 Å². The first-order chi connectivity index (χ1) is 14.1. The summed E-state index contributed by atoms with van der Waals surface area (Å²) in [7, 11) is 1.65. The number of rotatable bonds is 8. The Morgan fingerprint density at radius 3 is 2.45 bits per heavy atom. The fourth-order valence-corrected chi connectivity index (χ4v) is 3.64. The topological polar surface area (TPSA) is 50.8 Å². The summed E-state index contributed by atoms with van der Waals surface area (Å²) in [6, 6.07) is 14.2. The number of para-hydroxylation sites is 1. The van der Waals surface area contributed by atoms with Gasteiger partial charge in [0.25, 0.3) is 5.91 Å². The van der Waals surface area contributed by atoms with E-state index in [9.17, 15) is 9.18 Å². The van der Waals surface area contributed by atoms with Crippen LogP contribution in [0.2, 0.25) is 0 Å². The number of halogens is 1. The summed E-state index contributed by atoms with van der Waals surface area (Å²) in [4.78, 5) is 15.0. The van der Waals surface area contributed by atoms with Crippen LogP contribution in [0.25, 0.3) is 0 Å². The molecule has 1 N–H and O–H groups in total. The second-order valence-electron chi connectivity index (χ2n) is 7.32. The molecule has 2 aromatic carbocycles. The summed E-state index contributed by atoms with van der Waals surface area (Å²) in [5.74, 6) is 0.153. The van der Waals surface area contributed by atoms with Crippen LogP contribution in [0.1, 0.15) is 37.8 Å². The smallest absolute Gasteiger partial charge is 0.260 e. The molecule has 5 nitrogen and oxygen atoms in total. The van der Waals surface area contributed by atoms with Gasteiger partial charge in [-0.05, 0) is 62.7 Å². The largest absolute Gasteiger partial charge is 0.497 e. The summed E-state index contributed by atoms with van der Waals surface area (Å²) in [5.41, 5.74) is 1.13. The van der Waals surface area contributed by atoms with Gasteiger partial charge >= 0.3 is 0 Å². The Morgan fingerprint density at radius 2 is 1.79 bits per heavy atom. The van der Waals surface area contributed by atoms with E-state index >= 15 is 0 Å². The molecule has 1 aliphatic heterocycles. The number of carbonyl (C=O) groups is 1. The van der Waals surface area contributed by atoms with Crippen molar-refractivity contribution in [2.45, 2.75) is 38.3 Å². The molecule has 1 saturated heterocycles. The summed E-state index contributed by atoms with van der Waals surface area (Å²) < 4.78 is 24.5. The molecule has 0 bridgehead atoms. The minimum atomic E-state index is -0.787. The van der Waals surface area contributed by atoms with Crippen molar-refractivity contribution in [3.8, 4) is 11.5 Å². The highest BCUT2D eigenvalue weighted by Gasteiger charge is 2.24. The molecule has 0 aromatic heterocycles. The van der Waals surface area contributed by atoms with E-state index in [0.717, 1.165) is 37.2 Å². The van der Waals surface area contributed by atoms with Crippen LogP contribution < -0.4 is 14.8 Å². The molecule has 1 aliphatic rings. The zero-order valence-electron chi connectivity index (χ0n) is 17.1. The number of carbonyl (C=O) groups excluding carboxylic acids is 1. The van der Waals surface area contributed by atoms with Crippen molar-refractivity contribution in [1.82, 2.24) is 10.2 Å². The third-order valence-corrected chi connectivity index (χ3v) is 5.31. The predicted molar refractivity (Wildman–Crippen MR) is 111 cm³/mol. The second-order valence-corrected chi connectivity index (χ2v) is 7.32. The van der Waals surface area contributed by atoms with Crippen LogP contribution in [-0.4, -0.2) is 43.7 Å². The molecule has 6 heteroatoms. The van der Waals surface area contributed by atoms with Crippen molar-refractivity contribution in [1.29, 1.82) is 0 Å². The van der Waals surface area contributed by atoms with Gasteiger partial charge in [-0.3, -0.25) is 9.69 Å². The van der Waals surface area contributed by atoms with Crippen molar-refractivity contribution in [3.63, 3.8) is 0 Å². The number of hydrogen-bond donors (Lipinski definition) is 1. The molecule has 0 spiro atoms. The highest BCUT2D eigenvalue weighted by molar-refractivity contribution is 5.80. The normalized spacial score (nSPS) is 16.7. The minimum absolute atomic E-state index is 0.0748. The molecule has 0 unspecified atom stereocenters. The van der Waals surface area contributed by atoms with Crippen LogP contribution in [0, 0.1) is 5.82 Å². The number of ether oxygens (including phenoxy) is 2. The SMILES string of the molecule is COc1ccc([C@H](CNC(=O)[C@@H](C)Oc2ccccc2F)N2CCCCC2)cc1. The molecule has 1 amide bonds. The van der Waals surface area contributed by atoms with E-state index in [2.05, 4.69) is 10.2 Å². The van der Waals surface area contributed by atoms with Gasteiger partial charge in [0.15, 0.2) is 17.7 Å². The van der Waals surface area contributed by atoms with Crippen LogP contribution in [-0.2, 0) is 4.79 Å². The highest BCUT2D eigenvalue weighted by atomic mass is 19.1. The molecule has 29 heavy (non-hydrogen) atoms. The summed E-state index contributed by atoms with van der Waals surface area (Å²) in [6.07, 6.45) is 2.77. The molecule has 2 atom stereocenters. The molecule has 3 rings (SSSR count). The van der Waals surface area contributed by atoms with E-state index in [1.165, 1.54) is 18.6 Å². The standard InChI is InChI=1S/C23H29FN2O3/c1-17(29-22-9-5-4-8-20(22)24)23(27)25-16-21(26-14-6-3-7-15-26)18-10-12-19(28-2)13-11-18/h4-5,8-13,17,21H,3,6-7,14-16H2,1-2H3,(H,25,27)/t17-,21+/m1/s1. The number of amides is 1. The van der Waals surface area contributed by atoms with Crippen molar-refractivity contribution in [3.05, 3.63) is 59.9 Å². The van der Waals surface area contributed by atoms with Gasteiger partial charge in [-0.25, -0.2) is 4.39 Å². The lowest BCUT2D eigenvalue weighted by Gasteiger charge is -2.35. The van der Waals surface area contributed by atoms with Crippen molar-refractivity contribution in [2.24, 2.45) is 0 Å². The first-order valence-electron chi connectivity index (χ1n) is 10.2. The average molecular weight is 400 g/mol. The van der Waals surface area contributed by atoms with Crippen LogP contribution in [0.15, 0.2) is 48.5 Å². The zero-order valence-corrected chi connectivity index (χ0v) is 17.1. The Balaban J connectivity index is 1.65. The maximum Gasteiger partial charge on any atom is 0.260 e. The van der Waals surface area contributed by atoms with E-state index in [1.807, 2.05) is 24.3 Å². The van der Waals surface area contributed by atoms with E-state index < -0.39 is 11.9 Å². The maximum absolute atomic E-state index is 13.8. The van der Waals surface area contributed by atoms with Gasteiger partial charge in [0.05, 0.1) is 13.2 Å². The van der Waals surface area contributed by atoms with Gasteiger partial charge in [0, 0.05) is 6.54 Å². The number of nitrogens with one attached hydrogen (secondary N) is 1. The zero-order chi connectivity index (χ0) is 20.6. The number of hydrogen-bond acceptors (Lipinski definition) is 4. The average Bonchev–Trinajstić information content (AvgIpc) is 2.76. The number of methoxy groups -OCH3 is 1. The third-order valence-electron chi connectivity index (χ3n) is 5.31.